The van der Waals surface area contributed by atoms with E-state index in [1.54, 1.807) is 0 Å². The average molecular weight is 808 g/mol. The molecule has 0 radical (unpaired) electrons. The normalized spacial score (nSPS) is 13.3. The summed E-state index contributed by atoms with van der Waals surface area (Å²) in [7, 11) is 0. The summed E-state index contributed by atoms with van der Waals surface area (Å²) >= 11 is 0. The van der Waals surface area contributed by atoms with Crippen LogP contribution >= 0.6 is 0 Å². The molecule has 0 aromatic rings. The molecule has 5 nitrogen and oxygen atoms in total. The Morgan fingerprint density at radius 3 is 0.842 bits per heavy atom. The molecule has 0 aliphatic heterocycles. The Kier molecular flexibility index (Phi) is 47.5. The van der Waals surface area contributed by atoms with Crippen LogP contribution in [0.3, 0.4) is 0 Å². The minimum atomic E-state index is -1.13. The first-order chi connectivity index (χ1) is 28.1. The van der Waals surface area contributed by atoms with E-state index in [-0.39, 0.29) is 12.5 Å². The highest BCUT2D eigenvalue weighted by Gasteiger charge is 2.26. The van der Waals surface area contributed by atoms with Gasteiger partial charge in [-0.2, -0.15) is 0 Å². The Labute approximate surface area is 357 Å². The summed E-state index contributed by atoms with van der Waals surface area (Å²) in [4.78, 5) is 12.5. The SMILES string of the molecule is CCCCCCCCCCCCCCCCCCCCCCCCCCCCCCCCCC(=O)NC(CO)C(O)C(O)CCCCCCCCCCCCCC. The summed E-state index contributed by atoms with van der Waals surface area (Å²) in [6.07, 6.45) is 56.9. The van der Waals surface area contributed by atoms with Crippen molar-refractivity contribution >= 4 is 5.91 Å². The van der Waals surface area contributed by atoms with Crippen LogP contribution < -0.4 is 5.32 Å². The van der Waals surface area contributed by atoms with Crippen molar-refractivity contribution in [1.82, 2.24) is 5.32 Å². The number of hydrogen-bond donors (Lipinski definition) is 4. The number of amides is 1. The van der Waals surface area contributed by atoms with Crippen LogP contribution in [0, 0.1) is 0 Å². The number of nitrogens with one attached hydrogen (secondary N) is 1. The third kappa shape index (κ3) is 43.3. The molecule has 57 heavy (non-hydrogen) atoms. The van der Waals surface area contributed by atoms with E-state index in [1.807, 2.05) is 0 Å². The zero-order valence-electron chi connectivity index (χ0n) is 39.0. The maximum absolute atomic E-state index is 12.5. The molecule has 5 heteroatoms. The molecule has 0 aliphatic carbocycles. The topological polar surface area (TPSA) is 89.8 Å². The molecule has 0 aromatic heterocycles. The molecule has 0 spiro atoms. The van der Waals surface area contributed by atoms with E-state index in [1.165, 1.54) is 244 Å². The monoisotopic (exact) mass is 808 g/mol. The Morgan fingerprint density at radius 1 is 0.368 bits per heavy atom. The molecule has 0 heterocycles. The maximum Gasteiger partial charge on any atom is 0.220 e. The molecule has 0 fully saturated rings. The zero-order chi connectivity index (χ0) is 41.5. The highest BCUT2D eigenvalue weighted by atomic mass is 16.3. The highest BCUT2D eigenvalue weighted by Crippen LogP contribution is 2.18. The van der Waals surface area contributed by atoms with E-state index in [0.29, 0.717) is 12.8 Å². The largest absolute Gasteiger partial charge is 0.394 e. The van der Waals surface area contributed by atoms with E-state index < -0.39 is 18.2 Å². The molecule has 0 bridgehead atoms. The van der Waals surface area contributed by atoms with Crippen molar-refractivity contribution in [3.05, 3.63) is 0 Å². The van der Waals surface area contributed by atoms with Gasteiger partial charge in [0.25, 0.3) is 0 Å². The fourth-order valence-corrected chi connectivity index (χ4v) is 8.64. The molecule has 0 saturated carbocycles. The van der Waals surface area contributed by atoms with Gasteiger partial charge in [0.15, 0.2) is 0 Å². The van der Waals surface area contributed by atoms with Crippen molar-refractivity contribution in [1.29, 1.82) is 0 Å². The van der Waals surface area contributed by atoms with Gasteiger partial charge in [-0.05, 0) is 12.8 Å². The minimum Gasteiger partial charge on any atom is -0.394 e. The van der Waals surface area contributed by atoms with Crippen molar-refractivity contribution in [2.75, 3.05) is 6.61 Å². The van der Waals surface area contributed by atoms with E-state index in [0.717, 1.165) is 32.1 Å². The molecule has 3 atom stereocenters. The Bertz CT molecular complexity index is 762. The van der Waals surface area contributed by atoms with Crippen LogP contribution in [-0.2, 0) is 4.79 Å². The van der Waals surface area contributed by atoms with Crippen LogP contribution in [0.15, 0.2) is 0 Å². The van der Waals surface area contributed by atoms with Gasteiger partial charge in [-0.3, -0.25) is 4.79 Å². The van der Waals surface area contributed by atoms with E-state index in [4.69, 9.17) is 0 Å². The fraction of sp³-hybridized carbons (Fsp3) is 0.981. The second kappa shape index (κ2) is 48.0. The van der Waals surface area contributed by atoms with Crippen molar-refractivity contribution in [2.24, 2.45) is 0 Å². The van der Waals surface area contributed by atoms with E-state index >= 15 is 0 Å². The summed E-state index contributed by atoms with van der Waals surface area (Å²) in [5, 5.41) is 33.6. The fourth-order valence-electron chi connectivity index (χ4n) is 8.64. The lowest BCUT2D eigenvalue weighted by atomic mass is 9.99. The highest BCUT2D eigenvalue weighted by molar-refractivity contribution is 5.76. The summed E-state index contributed by atoms with van der Waals surface area (Å²) in [5.74, 6) is -0.138. The summed E-state index contributed by atoms with van der Waals surface area (Å²) in [6.45, 7) is 4.20. The van der Waals surface area contributed by atoms with Crippen LogP contribution in [0.4, 0.5) is 0 Å². The van der Waals surface area contributed by atoms with Gasteiger partial charge in [0.2, 0.25) is 5.91 Å². The Morgan fingerprint density at radius 2 is 0.596 bits per heavy atom. The van der Waals surface area contributed by atoms with Crippen LogP contribution in [0.1, 0.15) is 303 Å². The van der Waals surface area contributed by atoms with Crippen LogP contribution in [0.25, 0.3) is 0 Å². The van der Waals surface area contributed by atoms with Gasteiger partial charge < -0.3 is 20.6 Å². The molecule has 0 aromatic carbocycles. The van der Waals surface area contributed by atoms with Crippen LogP contribution in [0.5, 0.6) is 0 Å². The van der Waals surface area contributed by atoms with Crippen molar-refractivity contribution in [3.63, 3.8) is 0 Å². The van der Waals surface area contributed by atoms with Crippen LogP contribution in [-0.4, -0.2) is 46.1 Å². The molecular formula is C52H105NO4. The summed E-state index contributed by atoms with van der Waals surface area (Å²) in [5.41, 5.74) is 0. The second-order valence-electron chi connectivity index (χ2n) is 18.4. The van der Waals surface area contributed by atoms with Gasteiger partial charge in [-0.1, -0.05) is 284 Å². The predicted octanol–water partition coefficient (Wildman–Crippen LogP) is 15.8. The molecular weight excluding hydrogens is 703 g/mol. The number of hydrogen-bond acceptors (Lipinski definition) is 4. The lowest BCUT2D eigenvalue weighted by molar-refractivity contribution is -0.124. The summed E-state index contributed by atoms with van der Waals surface area (Å²) < 4.78 is 0. The minimum absolute atomic E-state index is 0.138. The van der Waals surface area contributed by atoms with Crippen molar-refractivity contribution < 1.29 is 20.1 Å². The van der Waals surface area contributed by atoms with Crippen molar-refractivity contribution in [2.45, 2.75) is 321 Å². The number of aliphatic hydroxyl groups excluding tert-OH is 3. The lowest BCUT2D eigenvalue weighted by Crippen LogP contribution is -2.50. The first-order valence-corrected chi connectivity index (χ1v) is 26.3. The zero-order valence-corrected chi connectivity index (χ0v) is 39.0. The van der Waals surface area contributed by atoms with Crippen molar-refractivity contribution in [3.8, 4) is 0 Å². The van der Waals surface area contributed by atoms with Gasteiger partial charge >= 0.3 is 0 Å². The van der Waals surface area contributed by atoms with Gasteiger partial charge in [0.05, 0.1) is 18.8 Å². The Balaban J connectivity index is 3.43. The van der Waals surface area contributed by atoms with Gasteiger partial charge in [-0.25, -0.2) is 0 Å². The number of carbonyl (C=O) groups excluding carboxylic acids is 1. The molecule has 0 saturated heterocycles. The Hall–Kier alpha value is -0.650. The smallest absolute Gasteiger partial charge is 0.220 e. The van der Waals surface area contributed by atoms with Crippen LogP contribution in [0.2, 0.25) is 0 Å². The number of carbonyl (C=O) groups is 1. The standard InChI is InChI=1S/C52H105NO4/c1-3-5-7-9-11-13-15-17-18-19-20-21-22-23-24-25-26-27-28-29-30-31-32-33-34-35-37-39-41-43-45-47-51(56)53-49(48-54)52(57)50(55)46-44-42-40-38-36-16-14-12-10-8-6-4-2/h49-50,52,54-55,57H,3-48H2,1-2H3,(H,53,56). The average Bonchev–Trinajstić information content (AvgIpc) is 3.22. The van der Waals surface area contributed by atoms with Gasteiger partial charge in [0, 0.05) is 6.42 Å². The number of unbranched alkanes of at least 4 members (excludes halogenated alkanes) is 41. The predicted molar refractivity (Wildman–Crippen MR) is 250 cm³/mol. The lowest BCUT2D eigenvalue weighted by Gasteiger charge is -2.26. The third-order valence-electron chi connectivity index (χ3n) is 12.7. The summed E-state index contributed by atoms with van der Waals surface area (Å²) in [6, 6.07) is -0.803. The molecule has 3 unspecified atom stereocenters. The van der Waals surface area contributed by atoms with E-state index in [9.17, 15) is 20.1 Å². The number of rotatable bonds is 49. The second-order valence-corrected chi connectivity index (χ2v) is 18.4. The number of aliphatic hydroxyl groups is 3. The van der Waals surface area contributed by atoms with E-state index in [2.05, 4.69) is 19.2 Å². The first-order valence-electron chi connectivity index (χ1n) is 26.3. The van der Waals surface area contributed by atoms with Gasteiger partial charge in [0.1, 0.15) is 6.10 Å². The quantitative estimate of drug-likeness (QED) is 0.0461. The maximum atomic E-state index is 12.5. The third-order valence-corrected chi connectivity index (χ3v) is 12.7. The first kappa shape index (κ1) is 56.4. The molecule has 1 amide bonds. The molecule has 0 aliphatic rings. The molecule has 4 N–H and O–H groups in total. The molecule has 342 valence electrons. The van der Waals surface area contributed by atoms with Gasteiger partial charge in [-0.15, -0.1) is 0 Å². The molecule has 0 rings (SSSR count).